The molecule has 0 unspecified atom stereocenters. The van der Waals surface area contributed by atoms with E-state index in [4.69, 9.17) is 9.90 Å². The second-order valence-electron chi connectivity index (χ2n) is 1.63. The Morgan fingerprint density at radius 3 is 1.00 bits per heavy atom. The van der Waals surface area contributed by atoms with Crippen LogP contribution in [0, 0.1) is 0 Å². The molecular weight excluding hydrogens is 176 g/mol. The van der Waals surface area contributed by atoms with Crippen molar-refractivity contribution in [2.45, 2.75) is 20.8 Å². The first-order valence-corrected chi connectivity index (χ1v) is 2.59. The molecule has 0 atom stereocenters. The third-order valence-electron chi connectivity index (χ3n) is 0.496. The number of ketones is 2. The number of aliphatic carboxylic acids is 1. The molecule has 0 rings (SSSR count). The van der Waals surface area contributed by atoms with Crippen molar-refractivity contribution >= 4 is 55.3 Å². The molecule has 0 aromatic rings. The summed E-state index contributed by atoms with van der Waals surface area (Å²) in [7, 11) is 0. The maximum absolute atomic E-state index is 9.79. The fourth-order valence-corrected chi connectivity index (χ4v) is 0. The van der Waals surface area contributed by atoms with Crippen molar-refractivity contribution < 1.29 is 19.5 Å². The Morgan fingerprint density at radius 2 is 1.00 bits per heavy atom. The molecule has 11 heavy (non-hydrogen) atoms. The van der Waals surface area contributed by atoms with Gasteiger partial charge in [0.05, 0.1) is 0 Å². The molecule has 0 bridgehead atoms. The molecule has 0 aromatic carbocycles. The molecular formula is C6H12CaO4. The first kappa shape index (κ1) is 17.2. The Labute approximate surface area is 95.0 Å². The zero-order chi connectivity index (χ0) is 8.73. The van der Waals surface area contributed by atoms with E-state index in [1.807, 2.05) is 0 Å². The van der Waals surface area contributed by atoms with Crippen molar-refractivity contribution in [3.63, 3.8) is 0 Å². The Hall–Kier alpha value is 0.0697. The Kier molecular flexibility index (Phi) is 15.8. The van der Waals surface area contributed by atoms with E-state index in [-0.39, 0.29) is 49.3 Å². The van der Waals surface area contributed by atoms with Crippen LogP contribution in [0.3, 0.4) is 0 Å². The number of Topliss-reactive ketones (excluding diaryl/α,β-unsaturated/α-hetero) is 2. The monoisotopic (exact) mass is 188 g/mol. The average Bonchev–Trinajstić information content (AvgIpc) is 1.63. The maximum atomic E-state index is 9.79. The second kappa shape index (κ2) is 10.1. The van der Waals surface area contributed by atoms with Gasteiger partial charge in [0.2, 0.25) is 0 Å². The van der Waals surface area contributed by atoms with Gasteiger partial charge in [0, 0.05) is 20.8 Å². The number of carboxylic acid groups (broad SMARTS) is 1. The predicted octanol–water partition coefficient (Wildman–Crippen LogP) is -0.661. The van der Waals surface area contributed by atoms with Gasteiger partial charge in [-0.3, -0.25) is 14.4 Å². The van der Waals surface area contributed by atoms with Gasteiger partial charge in [0.25, 0.3) is 5.97 Å². The van der Waals surface area contributed by atoms with Gasteiger partial charge in [0.1, 0.15) is 0 Å². The van der Waals surface area contributed by atoms with E-state index >= 15 is 0 Å². The van der Waals surface area contributed by atoms with Crippen LogP contribution in [0.25, 0.3) is 0 Å². The summed E-state index contributed by atoms with van der Waals surface area (Å²) in [5, 5.41) is 7.42. The summed E-state index contributed by atoms with van der Waals surface area (Å²) in [6.45, 7) is 3.59. The number of hydrogen-bond donors (Lipinski definition) is 1. The van der Waals surface area contributed by atoms with Crippen LogP contribution in [0.2, 0.25) is 0 Å². The molecule has 0 fully saturated rings. The summed E-state index contributed by atoms with van der Waals surface area (Å²) >= 11 is 0. The number of rotatable bonds is 1. The third-order valence-corrected chi connectivity index (χ3v) is 0.496. The average molecular weight is 188 g/mol. The summed E-state index contributed by atoms with van der Waals surface area (Å²) in [6.07, 6.45) is 0. The van der Waals surface area contributed by atoms with Crippen LogP contribution in [-0.4, -0.2) is 60.4 Å². The first-order valence-electron chi connectivity index (χ1n) is 2.59. The molecule has 62 valence electrons. The second-order valence-corrected chi connectivity index (χ2v) is 1.63. The van der Waals surface area contributed by atoms with Gasteiger partial charge in [-0.05, 0) is 0 Å². The van der Waals surface area contributed by atoms with Crippen molar-refractivity contribution in [3.8, 4) is 0 Å². The van der Waals surface area contributed by atoms with Crippen LogP contribution in [0.5, 0.6) is 0 Å². The van der Waals surface area contributed by atoms with E-state index < -0.39 is 5.97 Å². The van der Waals surface area contributed by atoms with Gasteiger partial charge in [-0.2, -0.15) is 0 Å². The van der Waals surface area contributed by atoms with E-state index in [0.29, 0.717) is 0 Å². The van der Waals surface area contributed by atoms with Gasteiger partial charge < -0.3 is 5.11 Å². The molecule has 0 aliphatic rings. The zero-order valence-corrected chi connectivity index (χ0v) is 6.17. The summed E-state index contributed by atoms with van der Waals surface area (Å²) in [4.78, 5) is 28.6. The molecule has 0 aromatic heterocycles. The van der Waals surface area contributed by atoms with Crippen LogP contribution in [0.4, 0.5) is 0 Å². The molecule has 4 nitrogen and oxygen atoms in total. The van der Waals surface area contributed by atoms with Crippen LogP contribution in [0.1, 0.15) is 20.8 Å². The van der Waals surface area contributed by atoms with Crippen LogP contribution in [0.15, 0.2) is 0 Å². The molecule has 0 saturated carbocycles. The minimum absolute atomic E-state index is 0. The van der Waals surface area contributed by atoms with Crippen molar-refractivity contribution in [1.82, 2.24) is 0 Å². The predicted molar refractivity (Wildman–Crippen MR) is 43.2 cm³/mol. The van der Waals surface area contributed by atoms with Crippen LogP contribution >= 0.6 is 0 Å². The van der Waals surface area contributed by atoms with Gasteiger partial charge in [-0.25, -0.2) is 0 Å². The van der Waals surface area contributed by atoms with E-state index in [1.165, 1.54) is 13.8 Å². The van der Waals surface area contributed by atoms with Gasteiger partial charge in [-0.15, -0.1) is 0 Å². The fraction of sp³-hybridized carbons (Fsp3) is 0.500. The standard InChI is InChI=1S/C4H6O2.C2H4O2.Ca.2H/c1-3(5)4(2)6;1-2(3)4;;;/h1-2H3;1H3,(H,3,4);;;. The molecule has 0 aliphatic carbocycles. The van der Waals surface area contributed by atoms with Crippen molar-refractivity contribution in [3.05, 3.63) is 0 Å². The Balaban J connectivity index is -0.000000114. The van der Waals surface area contributed by atoms with Crippen LogP contribution < -0.4 is 0 Å². The molecule has 0 spiro atoms. The summed E-state index contributed by atoms with van der Waals surface area (Å²) < 4.78 is 0. The van der Waals surface area contributed by atoms with Gasteiger partial charge in [-0.1, -0.05) is 0 Å². The summed E-state index contributed by atoms with van der Waals surface area (Å²) in [6, 6.07) is 0. The van der Waals surface area contributed by atoms with Crippen LogP contribution in [-0.2, 0) is 14.4 Å². The molecule has 0 saturated heterocycles. The van der Waals surface area contributed by atoms with Gasteiger partial charge >= 0.3 is 37.7 Å². The van der Waals surface area contributed by atoms with Gasteiger partial charge in [0.15, 0.2) is 11.6 Å². The van der Waals surface area contributed by atoms with E-state index in [2.05, 4.69) is 0 Å². The van der Waals surface area contributed by atoms with Crippen molar-refractivity contribution in [2.24, 2.45) is 0 Å². The SMILES string of the molecule is CC(=O)C(C)=O.CC(=O)O.[CaH2]. The number of carbonyl (C=O) groups is 3. The summed E-state index contributed by atoms with van der Waals surface area (Å²) in [5.74, 6) is -1.59. The Bertz CT molecular complexity index is 137. The quantitative estimate of drug-likeness (QED) is 0.438. The fourth-order valence-electron chi connectivity index (χ4n) is 0. The molecule has 1 N–H and O–H groups in total. The van der Waals surface area contributed by atoms with E-state index in [1.54, 1.807) is 0 Å². The van der Waals surface area contributed by atoms with E-state index in [0.717, 1.165) is 6.92 Å². The van der Waals surface area contributed by atoms with Crippen molar-refractivity contribution in [1.29, 1.82) is 0 Å². The molecule has 0 heterocycles. The first-order chi connectivity index (χ1) is 4.37. The minimum atomic E-state index is -0.833. The normalized spacial score (nSPS) is 6.45. The molecule has 0 radical (unpaired) electrons. The van der Waals surface area contributed by atoms with E-state index in [9.17, 15) is 9.59 Å². The molecule has 0 amide bonds. The van der Waals surface area contributed by atoms with Crippen molar-refractivity contribution in [2.75, 3.05) is 0 Å². The zero-order valence-electron chi connectivity index (χ0n) is 6.17. The number of carbonyl (C=O) groups excluding carboxylic acids is 2. The Morgan fingerprint density at radius 1 is 0.909 bits per heavy atom. The molecule has 0 aliphatic heterocycles. The molecule has 5 heteroatoms. The third kappa shape index (κ3) is 39.6. The summed E-state index contributed by atoms with van der Waals surface area (Å²) in [5.41, 5.74) is 0. The topological polar surface area (TPSA) is 71.4 Å². The number of carboxylic acids is 1. The number of hydrogen-bond acceptors (Lipinski definition) is 3.